The number of aromatic nitrogens is 1. The van der Waals surface area contributed by atoms with Crippen LogP contribution >= 0.6 is 0 Å². The van der Waals surface area contributed by atoms with Gasteiger partial charge in [-0.2, -0.15) is 0 Å². The molecule has 3 aromatic rings. The number of anilines is 1. The maximum absolute atomic E-state index is 14.4. The number of nitrogens with one attached hydrogen (secondary N) is 1. The van der Waals surface area contributed by atoms with Gasteiger partial charge >= 0.3 is 6.03 Å². The van der Waals surface area contributed by atoms with E-state index in [1.165, 1.54) is 6.26 Å². The van der Waals surface area contributed by atoms with Crippen LogP contribution in [0.15, 0.2) is 48.5 Å². The molecule has 0 spiro atoms. The summed E-state index contributed by atoms with van der Waals surface area (Å²) in [5.74, 6) is -2.02. The molecule has 0 bridgehead atoms. The molecule has 13 heteroatoms. The van der Waals surface area contributed by atoms with Gasteiger partial charge in [-0.15, -0.1) is 0 Å². The first kappa shape index (κ1) is 34.8. The third-order valence-electron chi connectivity index (χ3n) is 7.79. The van der Waals surface area contributed by atoms with Gasteiger partial charge in [0.2, 0.25) is 5.88 Å². The third-order valence-corrected chi connectivity index (χ3v) is 8.65. The summed E-state index contributed by atoms with van der Waals surface area (Å²) in [7, 11) is -3.13. The van der Waals surface area contributed by atoms with Gasteiger partial charge in [0.25, 0.3) is 5.91 Å². The molecule has 0 radical (unpaired) electrons. The number of nitrogens with zero attached hydrogens (tertiary/aromatic N) is 3. The maximum atomic E-state index is 14.4. The zero-order chi connectivity index (χ0) is 33.6. The number of amides is 3. The van der Waals surface area contributed by atoms with E-state index in [9.17, 15) is 26.8 Å². The van der Waals surface area contributed by atoms with Gasteiger partial charge in [-0.1, -0.05) is 39.0 Å². The van der Waals surface area contributed by atoms with E-state index in [0.717, 1.165) is 30.4 Å². The monoisotopic (exact) mass is 657 g/mol. The highest BCUT2D eigenvalue weighted by molar-refractivity contribution is 7.89. The Labute approximate surface area is 268 Å². The predicted octanol–water partition coefficient (Wildman–Crippen LogP) is 5.83. The number of pyridine rings is 1. The van der Waals surface area contributed by atoms with Crippen molar-refractivity contribution in [1.82, 2.24) is 14.8 Å². The Kier molecular flexibility index (Phi) is 11.3. The number of ether oxygens (including phenoxy) is 1. The molecule has 248 valence electrons. The smallest absolute Gasteiger partial charge is 0.322 e. The number of carbonyl (C=O) groups excluding carboxylic acids is 2. The molecule has 1 aliphatic heterocycles. The summed E-state index contributed by atoms with van der Waals surface area (Å²) in [6.45, 7) is 8.66. The molecule has 3 N–H and O–H groups in total. The van der Waals surface area contributed by atoms with Crippen LogP contribution in [0.5, 0.6) is 11.6 Å². The molecule has 0 saturated carbocycles. The van der Waals surface area contributed by atoms with E-state index in [0.29, 0.717) is 55.6 Å². The molecular weight excluding hydrogens is 616 g/mol. The third kappa shape index (κ3) is 9.23. The summed E-state index contributed by atoms with van der Waals surface area (Å²) in [4.78, 5) is 33.5. The van der Waals surface area contributed by atoms with Crippen molar-refractivity contribution in [3.05, 3.63) is 82.5 Å². The predicted molar refractivity (Wildman–Crippen MR) is 173 cm³/mol. The molecule has 1 aliphatic rings. The fourth-order valence-corrected chi connectivity index (χ4v) is 6.39. The second-order valence-electron chi connectivity index (χ2n) is 12.0. The summed E-state index contributed by atoms with van der Waals surface area (Å²) in [6.07, 6.45) is 3.29. The molecule has 2 aromatic carbocycles. The highest BCUT2D eigenvalue weighted by Crippen LogP contribution is 2.28. The van der Waals surface area contributed by atoms with Crippen molar-refractivity contribution >= 4 is 27.5 Å². The number of hydrogen-bond acceptors (Lipinski definition) is 7. The first-order valence-corrected chi connectivity index (χ1v) is 17.3. The fourth-order valence-electron chi connectivity index (χ4n) is 5.59. The molecule has 0 aliphatic carbocycles. The topological polar surface area (TPSA) is 135 Å². The lowest BCUT2D eigenvalue weighted by molar-refractivity contribution is 0.0996. The van der Waals surface area contributed by atoms with Crippen molar-refractivity contribution in [2.75, 3.05) is 31.2 Å². The van der Waals surface area contributed by atoms with Crippen LogP contribution in [0.25, 0.3) is 0 Å². The number of rotatable bonds is 12. The zero-order valence-electron chi connectivity index (χ0n) is 26.6. The lowest BCUT2D eigenvalue weighted by atomic mass is 10.00. The van der Waals surface area contributed by atoms with Crippen molar-refractivity contribution < 1.29 is 31.5 Å². The molecule has 3 amide bonds. The number of hydrogen-bond donors (Lipinski definition) is 2. The number of urea groups is 1. The van der Waals surface area contributed by atoms with Crippen LogP contribution in [0.4, 0.5) is 19.3 Å². The molecule has 2 heterocycles. The summed E-state index contributed by atoms with van der Waals surface area (Å²) in [6, 6.07) is 11.6. The van der Waals surface area contributed by atoms with Gasteiger partial charge in [0.1, 0.15) is 17.4 Å². The van der Waals surface area contributed by atoms with Crippen molar-refractivity contribution in [3.63, 3.8) is 0 Å². The van der Waals surface area contributed by atoms with Gasteiger partial charge in [-0.05, 0) is 54.5 Å². The Morgan fingerprint density at radius 1 is 1.09 bits per heavy atom. The molecule has 10 nitrogen and oxygen atoms in total. The van der Waals surface area contributed by atoms with Crippen LogP contribution in [0.2, 0.25) is 0 Å². The fraction of sp³-hybridized carbons (Fsp3) is 0.424. The maximum Gasteiger partial charge on any atom is 0.322 e. The van der Waals surface area contributed by atoms with Gasteiger partial charge in [0.05, 0.1) is 22.7 Å². The lowest BCUT2D eigenvalue weighted by Gasteiger charge is -2.38. The summed E-state index contributed by atoms with van der Waals surface area (Å²) < 4.78 is 57.4. The Hall–Kier alpha value is -4.10. The zero-order valence-corrected chi connectivity index (χ0v) is 27.4. The van der Waals surface area contributed by atoms with E-state index < -0.39 is 39.0 Å². The van der Waals surface area contributed by atoms with Gasteiger partial charge in [-0.3, -0.25) is 9.69 Å². The molecule has 1 saturated heterocycles. The standard InChI is InChI=1S/C33H41F2N5O5S/c1-5-14-40(33(42)37-29-17-26(32(36)41)27(34)18-28(29)35)24-12-15-39(16-13-24)19-23-8-11-30(38-31(23)21(2)3)45-25-9-6-22(7-10-25)20-46(4,43)44/h6-11,17-18,21,24H,5,12-16,19-20H2,1-4H3,(H2,36,41)(H,37,42). The van der Waals surface area contributed by atoms with Crippen molar-refractivity contribution in [2.24, 2.45) is 5.73 Å². The van der Waals surface area contributed by atoms with E-state index in [1.54, 1.807) is 29.2 Å². The van der Waals surface area contributed by atoms with E-state index in [-0.39, 0.29) is 23.4 Å². The summed E-state index contributed by atoms with van der Waals surface area (Å²) >= 11 is 0. The first-order chi connectivity index (χ1) is 21.7. The Bertz CT molecular complexity index is 1660. The van der Waals surface area contributed by atoms with Gasteiger partial charge in [0, 0.05) is 50.6 Å². The van der Waals surface area contributed by atoms with E-state index in [2.05, 4.69) is 24.1 Å². The van der Waals surface area contributed by atoms with Gasteiger partial charge in [0.15, 0.2) is 9.84 Å². The quantitative estimate of drug-likeness (QED) is 0.250. The molecule has 1 fully saturated rings. The van der Waals surface area contributed by atoms with Crippen LogP contribution in [-0.2, 0) is 22.1 Å². The van der Waals surface area contributed by atoms with Crippen LogP contribution in [0, 0.1) is 11.6 Å². The second-order valence-corrected chi connectivity index (χ2v) is 14.1. The van der Waals surface area contributed by atoms with E-state index in [1.807, 2.05) is 19.1 Å². The number of carbonyl (C=O) groups is 2. The number of primary amides is 1. The number of benzene rings is 2. The first-order valence-electron chi connectivity index (χ1n) is 15.3. The highest BCUT2D eigenvalue weighted by atomic mass is 32.2. The van der Waals surface area contributed by atoms with Crippen molar-refractivity contribution in [2.45, 2.75) is 64.3 Å². The molecule has 0 atom stereocenters. The van der Waals surface area contributed by atoms with Crippen molar-refractivity contribution in [3.8, 4) is 11.6 Å². The molecule has 4 rings (SSSR count). The van der Waals surface area contributed by atoms with Crippen LogP contribution in [0.3, 0.4) is 0 Å². The van der Waals surface area contributed by atoms with E-state index in [4.69, 9.17) is 15.5 Å². The molecule has 1 aromatic heterocycles. The number of nitrogens with two attached hydrogens (primary N) is 1. The van der Waals surface area contributed by atoms with Crippen LogP contribution in [0.1, 0.15) is 73.1 Å². The minimum atomic E-state index is -3.13. The normalized spacial score (nSPS) is 14.3. The Morgan fingerprint density at radius 3 is 2.35 bits per heavy atom. The molecule has 46 heavy (non-hydrogen) atoms. The van der Waals surface area contributed by atoms with Crippen LogP contribution in [-0.4, -0.2) is 67.1 Å². The minimum Gasteiger partial charge on any atom is -0.439 e. The number of piperidine rings is 1. The number of likely N-dealkylation sites (tertiary alicyclic amines) is 1. The van der Waals surface area contributed by atoms with Gasteiger partial charge in [-0.25, -0.2) is 27.0 Å². The van der Waals surface area contributed by atoms with E-state index >= 15 is 0 Å². The average molecular weight is 658 g/mol. The number of sulfone groups is 1. The minimum absolute atomic E-state index is 0.0338. The van der Waals surface area contributed by atoms with Crippen LogP contribution < -0.4 is 15.8 Å². The highest BCUT2D eigenvalue weighted by Gasteiger charge is 2.29. The van der Waals surface area contributed by atoms with Crippen molar-refractivity contribution in [1.29, 1.82) is 0 Å². The second kappa shape index (κ2) is 15.0. The lowest BCUT2D eigenvalue weighted by Crippen LogP contribution is -2.49. The Balaban J connectivity index is 1.39. The summed E-state index contributed by atoms with van der Waals surface area (Å²) in [5.41, 5.74) is 7.06. The molecular formula is C33H41F2N5O5S. The SMILES string of the molecule is CCCN(C(=O)Nc1cc(C(N)=O)c(F)cc1F)C1CCN(Cc2ccc(Oc3ccc(CS(C)(=O)=O)cc3)nc2C(C)C)CC1. The van der Waals surface area contributed by atoms with Gasteiger partial charge < -0.3 is 20.7 Å². The largest absolute Gasteiger partial charge is 0.439 e. The molecule has 0 unspecified atom stereocenters. The number of halogens is 2. The summed E-state index contributed by atoms with van der Waals surface area (Å²) in [5, 5.41) is 2.50. The Morgan fingerprint density at radius 2 is 1.76 bits per heavy atom. The average Bonchev–Trinajstić information content (AvgIpc) is 2.98.